The lowest BCUT2D eigenvalue weighted by Crippen LogP contribution is -2.44. The fourth-order valence-corrected chi connectivity index (χ4v) is 3.65. The Morgan fingerprint density at radius 3 is 2.55 bits per heavy atom. The molecule has 1 aliphatic rings. The zero-order valence-corrected chi connectivity index (χ0v) is 17.0. The van der Waals surface area contributed by atoms with Crippen molar-refractivity contribution in [1.29, 1.82) is 0 Å². The first-order valence-corrected chi connectivity index (χ1v) is 9.72. The molecule has 162 valence electrons. The molecule has 3 rings (SSSR count). The number of ether oxygens (including phenoxy) is 1. The first kappa shape index (κ1) is 21.9. The van der Waals surface area contributed by atoms with E-state index in [0.717, 1.165) is 10.5 Å². The molecular weight excluding hydrogens is 402 g/mol. The van der Waals surface area contributed by atoms with E-state index in [1.807, 2.05) is 6.07 Å². The number of aromatic nitrogens is 1. The van der Waals surface area contributed by atoms with Crippen LogP contribution in [-0.4, -0.2) is 63.8 Å². The molecule has 1 fully saturated rings. The molecule has 0 bridgehead atoms. The van der Waals surface area contributed by atoms with Gasteiger partial charge in [0, 0.05) is 25.9 Å². The van der Waals surface area contributed by atoms with Crippen molar-refractivity contribution in [1.82, 2.24) is 14.8 Å². The molecule has 0 saturated carbocycles. The topological polar surface area (TPSA) is 117 Å². The van der Waals surface area contributed by atoms with E-state index < -0.39 is 42.9 Å². The van der Waals surface area contributed by atoms with Crippen LogP contribution in [0.5, 0.6) is 0 Å². The van der Waals surface area contributed by atoms with Gasteiger partial charge in [-0.3, -0.25) is 24.2 Å². The van der Waals surface area contributed by atoms with Crippen molar-refractivity contribution in [3.05, 3.63) is 66.0 Å². The lowest BCUT2D eigenvalue weighted by Gasteiger charge is -2.28. The fourth-order valence-electron chi connectivity index (χ4n) is 3.65. The van der Waals surface area contributed by atoms with Crippen LogP contribution in [0, 0.1) is 5.92 Å². The van der Waals surface area contributed by atoms with Gasteiger partial charge in [-0.2, -0.15) is 0 Å². The molecule has 2 amide bonds. The standard InChI is InChI=1S/C22H23N3O6/c1-24-18(26)10-17(21(24)16-8-5-9-23-11-16)22(30)25(12-19(27)28)13-20(29)31-14-15-6-3-2-4-7-15/h2-9,11,17,21H,10,12-14H2,1H3,(H,27,28)/t17-,21+/m0/s1. The zero-order chi connectivity index (χ0) is 22.4. The second-order valence-electron chi connectivity index (χ2n) is 7.28. The first-order chi connectivity index (χ1) is 14.9. The Labute approximate surface area is 179 Å². The van der Waals surface area contributed by atoms with Gasteiger partial charge < -0.3 is 19.6 Å². The molecule has 9 nitrogen and oxygen atoms in total. The van der Waals surface area contributed by atoms with E-state index in [4.69, 9.17) is 4.74 Å². The Morgan fingerprint density at radius 1 is 1.16 bits per heavy atom. The summed E-state index contributed by atoms with van der Waals surface area (Å²) in [5.74, 6) is -3.66. The van der Waals surface area contributed by atoms with Crippen LogP contribution in [0.25, 0.3) is 0 Å². The SMILES string of the molecule is CN1C(=O)C[C@H](C(=O)N(CC(=O)O)CC(=O)OCc2ccccc2)[C@H]1c1cccnc1. The number of likely N-dealkylation sites (tertiary alicyclic amines) is 1. The molecule has 0 spiro atoms. The van der Waals surface area contributed by atoms with Gasteiger partial charge in [0.15, 0.2) is 0 Å². The quantitative estimate of drug-likeness (QED) is 0.633. The smallest absolute Gasteiger partial charge is 0.325 e. The fraction of sp³-hybridized carbons (Fsp3) is 0.318. The molecule has 2 atom stereocenters. The summed E-state index contributed by atoms with van der Waals surface area (Å²) in [7, 11) is 1.59. The van der Waals surface area contributed by atoms with E-state index in [1.165, 1.54) is 4.90 Å². The van der Waals surface area contributed by atoms with Crippen LogP contribution in [0.2, 0.25) is 0 Å². The van der Waals surface area contributed by atoms with Crippen LogP contribution in [0.3, 0.4) is 0 Å². The van der Waals surface area contributed by atoms with Gasteiger partial charge in [0.05, 0.1) is 12.0 Å². The minimum atomic E-state index is -1.26. The van der Waals surface area contributed by atoms with Gasteiger partial charge in [0.1, 0.15) is 19.7 Å². The Morgan fingerprint density at radius 2 is 1.90 bits per heavy atom. The maximum absolute atomic E-state index is 13.2. The van der Waals surface area contributed by atoms with Crippen LogP contribution >= 0.6 is 0 Å². The average molecular weight is 425 g/mol. The number of aliphatic carboxylic acids is 1. The largest absolute Gasteiger partial charge is 0.480 e. The second kappa shape index (κ2) is 9.84. The van der Waals surface area contributed by atoms with E-state index >= 15 is 0 Å². The van der Waals surface area contributed by atoms with Crippen molar-refractivity contribution in [2.45, 2.75) is 19.1 Å². The van der Waals surface area contributed by atoms with Gasteiger partial charge in [-0.15, -0.1) is 0 Å². The number of carboxylic acid groups (broad SMARTS) is 1. The lowest BCUT2D eigenvalue weighted by atomic mass is 9.93. The van der Waals surface area contributed by atoms with Crippen molar-refractivity contribution < 1.29 is 29.0 Å². The van der Waals surface area contributed by atoms with Gasteiger partial charge in [-0.05, 0) is 17.2 Å². The summed E-state index contributed by atoms with van der Waals surface area (Å²) in [6.07, 6.45) is 3.07. The summed E-state index contributed by atoms with van der Waals surface area (Å²) >= 11 is 0. The van der Waals surface area contributed by atoms with E-state index in [1.54, 1.807) is 55.8 Å². The van der Waals surface area contributed by atoms with Crippen LogP contribution in [0.4, 0.5) is 0 Å². The van der Waals surface area contributed by atoms with Gasteiger partial charge in [0.25, 0.3) is 0 Å². The van der Waals surface area contributed by atoms with Crippen molar-refractivity contribution >= 4 is 23.8 Å². The number of nitrogens with zero attached hydrogens (tertiary/aromatic N) is 3. The highest BCUT2D eigenvalue weighted by Gasteiger charge is 2.44. The third kappa shape index (κ3) is 5.44. The van der Waals surface area contributed by atoms with Crippen molar-refractivity contribution in [3.8, 4) is 0 Å². The van der Waals surface area contributed by atoms with Gasteiger partial charge in [0.2, 0.25) is 11.8 Å². The number of carbonyl (C=O) groups excluding carboxylic acids is 3. The third-order valence-corrected chi connectivity index (χ3v) is 5.13. The predicted molar refractivity (Wildman–Crippen MR) is 108 cm³/mol. The number of hydrogen-bond donors (Lipinski definition) is 1. The molecular formula is C22H23N3O6. The van der Waals surface area contributed by atoms with Crippen LogP contribution in [0.15, 0.2) is 54.9 Å². The highest BCUT2D eigenvalue weighted by Crippen LogP contribution is 2.37. The zero-order valence-electron chi connectivity index (χ0n) is 17.0. The molecule has 31 heavy (non-hydrogen) atoms. The molecule has 0 aliphatic carbocycles. The van der Waals surface area contributed by atoms with Crippen molar-refractivity contribution in [3.63, 3.8) is 0 Å². The molecule has 2 aromatic rings. The number of benzene rings is 1. The monoisotopic (exact) mass is 425 g/mol. The Bertz CT molecular complexity index is 950. The molecule has 1 saturated heterocycles. The number of carbonyl (C=O) groups is 4. The number of esters is 1. The Balaban J connectivity index is 1.74. The lowest BCUT2D eigenvalue weighted by molar-refractivity contribution is -0.154. The van der Waals surface area contributed by atoms with Gasteiger partial charge in [-0.25, -0.2) is 0 Å². The summed E-state index contributed by atoms with van der Waals surface area (Å²) in [6, 6.07) is 11.9. The predicted octanol–water partition coefficient (Wildman–Crippen LogP) is 1.26. The Hall–Kier alpha value is -3.75. The molecule has 1 N–H and O–H groups in total. The molecule has 0 unspecified atom stereocenters. The van der Waals surface area contributed by atoms with Crippen LogP contribution in [-0.2, 0) is 30.5 Å². The van der Waals surface area contributed by atoms with Crippen molar-refractivity contribution in [2.75, 3.05) is 20.1 Å². The van der Waals surface area contributed by atoms with E-state index in [0.29, 0.717) is 5.56 Å². The molecule has 9 heteroatoms. The molecule has 1 aromatic carbocycles. The number of pyridine rings is 1. The number of amides is 2. The van der Waals surface area contributed by atoms with Crippen LogP contribution < -0.4 is 0 Å². The Kier molecular flexibility index (Phi) is 6.96. The van der Waals surface area contributed by atoms with E-state index in [-0.39, 0.29) is 18.9 Å². The summed E-state index contributed by atoms with van der Waals surface area (Å²) in [4.78, 5) is 55.6. The van der Waals surface area contributed by atoms with Gasteiger partial charge >= 0.3 is 11.9 Å². The number of rotatable bonds is 8. The summed E-state index contributed by atoms with van der Waals surface area (Å²) in [5.41, 5.74) is 1.43. The van der Waals surface area contributed by atoms with E-state index in [2.05, 4.69) is 4.98 Å². The minimum Gasteiger partial charge on any atom is -0.480 e. The van der Waals surface area contributed by atoms with Gasteiger partial charge in [-0.1, -0.05) is 36.4 Å². The summed E-state index contributed by atoms with van der Waals surface area (Å²) in [6.45, 7) is -1.18. The summed E-state index contributed by atoms with van der Waals surface area (Å²) < 4.78 is 5.19. The molecule has 1 aliphatic heterocycles. The molecule has 0 radical (unpaired) electrons. The van der Waals surface area contributed by atoms with Crippen molar-refractivity contribution in [2.24, 2.45) is 5.92 Å². The molecule has 1 aromatic heterocycles. The number of carboxylic acids is 1. The second-order valence-corrected chi connectivity index (χ2v) is 7.28. The van der Waals surface area contributed by atoms with E-state index in [9.17, 15) is 24.3 Å². The van der Waals surface area contributed by atoms with Crippen LogP contribution in [0.1, 0.15) is 23.6 Å². The normalized spacial score (nSPS) is 18.0. The highest BCUT2D eigenvalue weighted by atomic mass is 16.5. The molecule has 2 heterocycles. The minimum absolute atomic E-state index is 0.0116. The number of hydrogen-bond acceptors (Lipinski definition) is 6. The third-order valence-electron chi connectivity index (χ3n) is 5.13. The average Bonchev–Trinajstić information content (AvgIpc) is 3.06. The summed E-state index contributed by atoms with van der Waals surface area (Å²) in [5, 5.41) is 9.25. The maximum Gasteiger partial charge on any atom is 0.325 e. The highest BCUT2D eigenvalue weighted by molar-refractivity contribution is 5.93. The first-order valence-electron chi connectivity index (χ1n) is 9.72. The maximum atomic E-state index is 13.2.